The van der Waals surface area contributed by atoms with Crippen LogP contribution in [0.2, 0.25) is 0 Å². The van der Waals surface area contributed by atoms with E-state index in [1.165, 1.54) is 6.42 Å². The molecule has 0 bridgehead atoms. The van der Waals surface area contributed by atoms with Crippen LogP contribution in [0.15, 0.2) is 0 Å². The number of hydrogen-bond donors (Lipinski definition) is 0. The summed E-state index contributed by atoms with van der Waals surface area (Å²) in [6, 6.07) is 0. The second-order valence-electron chi connectivity index (χ2n) is 2.28. The number of halogens is 1. The Labute approximate surface area is 58.5 Å². The molecule has 2 heteroatoms. The fourth-order valence-electron chi connectivity index (χ4n) is 0.979. The highest BCUT2D eigenvalue weighted by molar-refractivity contribution is 9.09. The maximum Gasteiger partial charge on any atom is 0.0583 e. The van der Waals surface area contributed by atoms with Crippen LogP contribution < -0.4 is 0 Å². The van der Waals surface area contributed by atoms with Crippen molar-refractivity contribution in [1.82, 2.24) is 0 Å². The first-order valence-corrected chi connectivity index (χ1v) is 4.14. The van der Waals surface area contributed by atoms with E-state index in [1.807, 2.05) is 0 Å². The Kier molecular flexibility index (Phi) is 2.32. The Balaban J connectivity index is 2.30. The van der Waals surface area contributed by atoms with Crippen LogP contribution in [-0.4, -0.2) is 18.0 Å². The van der Waals surface area contributed by atoms with Crippen molar-refractivity contribution >= 4 is 15.9 Å². The standard InChI is InChI=1S/C6H11BrO/c1-5-6(4-7)2-3-8-5/h5-6H,2-4H2,1H3/t5-,6-/m0/s1. The lowest BCUT2D eigenvalue weighted by Gasteiger charge is -2.08. The van der Waals surface area contributed by atoms with Gasteiger partial charge in [-0.15, -0.1) is 0 Å². The largest absolute Gasteiger partial charge is 0.378 e. The van der Waals surface area contributed by atoms with Gasteiger partial charge in [0.25, 0.3) is 0 Å². The summed E-state index contributed by atoms with van der Waals surface area (Å²) in [6.45, 7) is 3.09. The molecule has 2 atom stereocenters. The summed E-state index contributed by atoms with van der Waals surface area (Å²) < 4.78 is 5.33. The van der Waals surface area contributed by atoms with Crippen molar-refractivity contribution in [1.29, 1.82) is 0 Å². The molecular formula is C6H11BrO. The molecule has 8 heavy (non-hydrogen) atoms. The van der Waals surface area contributed by atoms with Gasteiger partial charge in [-0.25, -0.2) is 0 Å². The Morgan fingerprint density at radius 3 is 2.75 bits per heavy atom. The van der Waals surface area contributed by atoms with Crippen molar-refractivity contribution in [3.05, 3.63) is 0 Å². The number of alkyl halides is 1. The van der Waals surface area contributed by atoms with Crippen molar-refractivity contribution < 1.29 is 4.74 Å². The molecule has 1 nitrogen and oxygen atoms in total. The van der Waals surface area contributed by atoms with Gasteiger partial charge in [0.05, 0.1) is 6.10 Å². The summed E-state index contributed by atoms with van der Waals surface area (Å²) >= 11 is 3.44. The fraction of sp³-hybridized carbons (Fsp3) is 1.00. The predicted octanol–water partition coefficient (Wildman–Crippen LogP) is 1.81. The topological polar surface area (TPSA) is 9.23 Å². The molecule has 1 fully saturated rings. The molecule has 0 spiro atoms. The van der Waals surface area contributed by atoms with Crippen molar-refractivity contribution in [2.75, 3.05) is 11.9 Å². The third kappa shape index (κ3) is 1.23. The molecule has 0 aliphatic carbocycles. The van der Waals surface area contributed by atoms with Gasteiger partial charge in [0.15, 0.2) is 0 Å². The molecule has 0 unspecified atom stereocenters. The van der Waals surface area contributed by atoms with Crippen LogP contribution in [0.25, 0.3) is 0 Å². The maximum atomic E-state index is 5.33. The second-order valence-corrected chi connectivity index (χ2v) is 2.93. The Hall–Kier alpha value is 0.440. The molecule has 48 valence electrons. The van der Waals surface area contributed by atoms with E-state index in [-0.39, 0.29) is 0 Å². The summed E-state index contributed by atoms with van der Waals surface area (Å²) in [5.74, 6) is 0.759. The van der Waals surface area contributed by atoms with E-state index in [1.54, 1.807) is 0 Å². The average molecular weight is 179 g/mol. The number of rotatable bonds is 1. The van der Waals surface area contributed by atoms with Crippen LogP contribution >= 0.6 is 15.9 Å². The van der Waals surface area contributed by atoms with E-state index in [0.29, 0.717) is 6.10 Å². The van der Waals surface area contributed by atoms with E-state index < -0.39 is 0 Å². The minimum absolute atomic E-state index is 0.481. The lowest BCUT2D eigenvalue weighted by molar-refractivity contribution is 0.110. The fourth-order valence-corrected chi connectivity index (χ4v) is 1.83. The zero-order valence-corrected chi connectivity index (χ0v) is 6.65. The van der Waals surface area contributed by atoms with Gasteiger partial charge in [-0.1, -0.05) is 15.9 Å². The van der Waals surface area contributed by atoms with Crippen LogP contribution in [0.5, 0.6) is 0 Å². The molecule has 1 rings (SSSR count). The average Bonchev–Trinajstić information content (AvgIpc) is 2.14. The molecule has 0 N–H and O–H groups in total. The van der Waals surface area contributed by atoms with Crippen molar-refractivity contribution in [2.24, 2.45) is 5.92 Å². The monoisotopic (exact) mass is 178 g/mol. The van der Waals surface area contributed by atoms with E-state index in [9.17, 15) is 0 Å². The molecular weight excluding hydrogens is 168 g/mol. The molecule has 0 aromatic heterocycles. The molecule has 0 radical (unpaired) electrons. The SMILES string of the molecule is C[C@@H]1OCC[C@H]1CBr. The zero-order valence-electron chi connectivity index (χ0n) is 5.06. The zero-order chi connectivity index (χ0) is 5.98. The van der Waals surface area contributed by atoms with Crippen LogP contribution in [0.4, 0.5) is 0 Å². The lowest BCUT2D eigenvalue weighted by Crippen LogP contribution is -2.11. The highest BCUT2D eigenvalue weighted by atomic mass is 79.9. The summed E-state index contributed by atoms with van der Waals surface area (Å²) in [5.41, 5.74) is 0. The highest BCUT2D eigenvalue weighted by Gasteiger charge is 2.22. The normalized spacial score (nSPS) is 38.2. The van der Waals surface area contributed by atoms with Crippen molar-refractivity contribution in [3.63, 3.8) is 0 Å². The van der Waals surface area contributed by atoms with Crippen LogP contribution in [0, 0.1) is 5.92 Å². The smallest absolute Gasteiger partial charge is 0.0583 e. The third-order valence-electron chi connectivity index (χ3n) is 1.73. The third-order valence-corrected chi connectivity index (χ3v) is 2.56. The summed E-state index contributed by atoms with van der Waals surface area (Å²) in [7, 11) is 0. The van der Waals surface area contributed by atoms with Crippen LogP contribution in [0.1, 0.15) is 13.3 Å². The van der Waals surface area contributed by atoms with E-state index in [0.717, 1.165) is 17.9 Å². The molecule has 0 saturated carbocycles. The van der Waals surface area contributed by atoms with Gasteiger partial charge in [-0.3, -0.25) is 0 Å². The second kappa shape index (κ2) is 2.83. The maximum absolute atomic E-state index is 5.33. The van der Waals surface area contributed by atoms with Gasteiger partial charge in [-0.05, 0) is 19.3 Å². The molecule has 1 saturated heterocycles. The molecule has 0 aromatic rings. The van der Waals surface area contributed by atoms with Gasteiger partial charge >= 0.3 is 0 Å². The van der Waals surface area contributed by atoms with Crippen molar-refractivity contribution in [3.8, 4) is 0 Å². The highest BCUT2D eigenvalue weighted by Crippen LogP contribution is 2.21. The van der Waals surface area contributed by atoms with E-state index >= 15 is 0 Å². The van der Waals surface area contributed by atoms with Crippen LogP contribution in [0.3, 0.4) is 0 Å². The molecule has 0 aromatic carbocycles. The number of hydrogen-bond acceptors (Lipinski definition) is 1. The molecule has 1 heterocycles. The number of ether oxygens (including phenoxy) is 1. The van der Waals surface area contributed by atoms with E-state index in [4.69, 9.17) is 4.74 Å². The summed E-state index contributed by atoms with van der Waals surface area (Å²) in [4.78, 5) is 0. The Bertz CT molecular complexity index is 74.9. The predicted molar refractivity (Wildman–Crippen MR) is 37.3 cm³/mol. The van der Waals surface area contributed by atoms with E-state index in [2.05, 4.69) is 22.9 Å². The van der Waals surface area contributed by atoms with Gasteiger partial charge in [0.2, 0.25) is 0 Å². The van der Waals surface area contributed by atoms with Gasteiger partial charge in [0, 0.05) is 11.9 Å². The summed E-state index contributed by atoms with van der Waals surface area (Å²) in [5, 5.41) is 1.09. The first kappa shape index (κ1) is 6.56. The molecule has 1 aliphatic rings. The van der Waals surface area contributed by atoms with Gasteiger partial charge in [0.1, 0.15) is 0 Å². The molecule has 1 aliphatic heterocycles. The minimum atomic E-state index is 0.481. The lowest BCUT2D eigenvalue weighted by atomic mass is 10.1. The first-order valence-electron chi connectivity index (χ1n) is 3.02. The quantitative estimate of drug-likeness (QED) is 0.557. The first-order chi connectivity index (χ1) is 3.84. The van der Waals surface area contributed by atoms with Gasteiger partial charge in [-0.2, -0.15) is 0 Å². The molecule has 0 amide bonds. The Morgan fingerprint density at radius 1 is 1.75 bits per heavy atom. The van der Waals surface area contributed by atoms with Crippen LogP contribution in [-0.2, 0) is 4.74 Å². The Morgan fingerprint density at radius 2 is 2.50 bits per heavy atom. The van der Waals surface area contributed by atoms with Gasteiger partial charge < -0.3 is 4.74 Å². The van der Waals surface area contributed by atoms with Crippen molar-refractivity contribution in [2.45, 2.75) is 19.4 Å². The summed E-state index contributed by atoms with van der Waals surface area (Å²) in [6.07, 6.45) is 1.71. The minimum Gasteiger partial charge on any atom is -0.378 e.